The van der Waals surface area contributed by atoms with Crippen molar-refractivity contribution in [1.29, 1.82) is 0 Å². The van der Waals surface area contributed by atoms with E-state index < -0.39 is 11.4 Å². The molecule has 1 saturated carbocycles. The molecule has 1 aliphatic carbocycles. The van der Waals surface area contributed by atoms with Crippen LogP contribution in [0.1, 0.15) is 12.8 Å². The Balaban J connectivity index is 1.97. The first-order chi connectivity index (χ1) is 3.29. The van der Waals surface area contributed by atoms with Crippen LogP contribution in [0.3, 0.4) is 0 Å². The Hall–Kier alpha value is 0.270. The minimum Gasteiger partial charge on any atom is -0.598 e. The maximum absolute atomic E-state index is 10.3. The summed E-state index contributed by atoms with van der Waals surface area (Å²) in [6.07, 6.45) is 4.08. The summed E-state index contributed by atoms with van der Waals surface area (Å²) in [6, 6.07) is 0.575. The van der Waals surface area contributed by atoms with E-state index in [0.29, 0.717) is 6.04 Å². The summed E-state index contributed by atoms with van der Waals surface area (Å²) in [5.41, 5.74) is 0. The summed E-state index contributed by atoms with van der Waals surface area (Å²) in [6.45, 7) is 0. The van der Waals surface area contributed by atoms with Crippen molar-refractivity contribution in [2.24, 2.45) is 0 Å². The Morgan fingerprint density at radius 1 is 1.71 bits per heavy atom. The third-order valence-corrected chi connectivity index (χ3v) is 1.58. The fourth-order valence-corrected chi connectivity index (χ4v) is 1.14. The van der Waals surface area contributed by atoms with E-state index in [1.54, 1.807) is 6.26 Å². The average Bonchev–Trinajstić information content (AvgIpc) is 2.17. The molecule has 2 nitrogen and oxygen atoms in total. The lowest BCUT2D eigenvalue weighted by Gasteiger charge is -2.01. The van der Waals surface area contributed by atoms with Gasteiger partial charge in [0.2, 0.25) is 0 Å². The molecule has 3 heteroatoms. The molecule has 1 fully saturated rings. The third-order valence-electron chi connectivity index (χ3n) is 0.910. The van der Waals surface area contributed by atoms with Crippen LogP contribution in [0, 0.1) is 0 Å². The molecule has 1 aliphatic rings. The van der Waals surface area contributed by atoms with E-state index in [1.165, 1.54) is 12.8 Å². The van der Waals surface area contributed by atoms with Crippen LogP contribution in [0.25, 0.3) is 0 Å². The number of nitrogens with one attached hydrogen (secondary N) is 1. The lowest BCUT2D eigenvalue weighted by Crippen LogP contribution is -2.23. The van der Waals surface area contributed by atoms with Gasteiger partial charge in [0.05, 0.1) is 6.04 Å². The van der Waals surface area contributed by atoms with Crippen LogP contribution >= 0.6 is 0 Å². The van der Waals surface area contributed by atoms with Crippen LogP contribution in [0.2, 0.25) is 0 Å². The summed E-state index contributed by atoms with van der Waals surface area (Å²) >= 11 is -0.783. The first kappa shape index (κ1) is 5.41. The van der Waals surface area contributed by atoms with Gasteiger partial charge in [-0.3, -0.25) is 0 Å². The van der Waals surface area contributed by atoms with E-state index in [-0.39, 0.29) is 0 Å². The molecular weight excluding hydrogens is 110 g/mol. The standard InChI is InChI=1S/C4H9NOS/c1-7(6)5-4-2-3-4/h4-5H,2-3H2,1H3. The van der Waals surface area contributed by atoms with Gasteiger partial charge in [0.1, 0.15) is 6.26 Å². The highest BCUT2D eigenvalue weighted by molar-refractivity contribution is 7.88. The fraction of sp³-hybridized carbons (Fsp3) is 1.00. The van der Waals surface area contributed by atoms with Crippen LogP contribution in [-0.2, 0) is 11.4 Å². The predicted molar refractivity (Wildman–Crippen MR) is 30.2 cm³/mol. The number of hydrogen-bond donors (Lipinski definition) is 1. The molecule has 0 amide bonds. The minimum atomic E-state index is -0.783. The van der Waals surface area contributed by atoms with Crippen molar-refractivity contribution >= 4 is 11.4 Å². The molecule has 0 aliphatic heterocycles. The molecule has 0 spiro atoms. The van der Waals surface area contributed by atoms with Gasteiger partial charge in [0.15, 0.2) is 0 Å². The van der Waals surface area contributed by atoms with E-state index in [4.69, 9.17) is 0 Å². The predicted octanol–water partition coefficient (Wildman–Crippen LogP) is 0.0319. The Labute approximate surface area is 46.6 Å². The van der Waals surface area contributed by atoms with Gasteiger partial charge in [0, 0.05) is 11.4 Å². The van der Waals surface area contributed by atoms with Gasteiger partial charge < -0.3 is 4.55 Å². The summed E-state index contributed by atoms with van der Waals surface area (Å²) in [4.78, 5) is 0. The molecule has 0 aromatic carbocycles. The van der Waals surface area contributed by atoms with Gasteiger partial charge in [-0.1, -0.05) is 0 Å². The molecule has 0 heterocycles. The molecule has 0 bridgehead atoms. The normalized spacial score (nSPS) is 24.9. The molecule has 1 unspecified atom stereocenters. The summed E-state index contributed by atoms with van der Waals surface area (Å²) < 4.78 is 13.2. The van der Waals surface area contributed by atoms with Crippen molar-refractivity contribution in [2.45, 2.75) is 18.9 Å². The van der Waals surface area contributed by atoms with E-state index in [9.17, 15) is 4.55 Å². The van der Waals surface area contributed by atoms with Gasteiger partial charge in [-0.25, -0.2) is 0 Å². The number of rotatable bonds is 2. The first-order valence-corrected chi connectivity index (χ1v) is 3.94. The lowest BCUT2D eigenvalue weighted by molar-refractivity contribution is 0.586. The zero-order valence-electron chi connectivity index (χ0n) is 4.31. The van der Waals surface area contributed by atoms with E-state index in [0.717, 1.165) is 0 Å². The van der Waals surface area contributed by atoms with Crippen LogP contribution in [-0.4, -0.2) is 16.9 Å². The lowest BCUT2D eigenvalue weighted by atomic mass is 10.8. The van der Waals surface area contributed by atoms with Crippen LogP contribution in [0.15, 0.2) is 0 Å². The quantitative estimate of drug-likeness (QED) is 0.520. The zero-order chi connectivity index (χ0) is 5.28. The van der Waals surface area contributed by atoms with Crippen molar-refractivity contribution in [3.63, 3.8) is 0 Å². The zero-order valence-corrected chi connectivity index (χ0v) is 5.12. The molecule has 7 heavy (non-hydrogen) atoms. The van der Waals surface area contributed by atoms with Gasteiger partial charge in [-0.15, -0.1) is 4.72 Å². The Kier molecular flexibility index (Phi) is 1.57. The molecule has 1 atom stereocenters. The maximum Gasteiger partial charge on any atom is 0.115 e. The topological polar surface area (TPSA) is 35.1 Å². The molecule has 0 radical (unpaired) electrons. The Morgan fingerprint density at radius 3 is 2.43 bits per heavy atom. The van der Waals surface area contributed by atoms with Crippen LogP contribution < -0.4 is 4.72 Å². The highest BCUT2D eigenvalue weighted by atomic mass is 32.2. The Morgan fingerprint density at radius 2 is 2.29 bits per heavy atom. The molecule has 1 N–H and O–H groups in total. The van der Waals surface area contributed by atoms with Crippen molar-refractivity contribution in [2.75, 3.05) is 6.26 Å². The van der Waals surface area contributed by atoms with Crippen LogP contribution in [0.4, 0.5) is 0 Å². The average molecular weight is 119 g/mol. The number of hydrogen-bond acceptors (Lipinski definition) is 2. The van der Waals surface area contributed by atoms with Gasteiger partial charge in [0.25, 0.3) is 0 Å². The monoisotopic (exact) mass is 119 g/mol. The molecule has 0 aromatic heterocycles. The van der Waals surface area contributed by atoms with Crippen LogP contribution in [0.5, 0.6) is 0 Å². The van der Waals surface area contributed by atoms with Crippen molar-refractivity contribution in [3.05, 3.63) is 0 Å². The highest BCUT2D eigenvalue weighted by Crippen LogP contribution is 2.18. The third kappa shape index (κ3) is 2.16. The van der Waals surface area contributed by atoms with Crippen molar-refractivity contribution < 1.29 is 4.55 Å². The largest absolute Gasteiger partial charge is 0.598 e. The molecule has 0 aromatic rings. The fourth-order valence-electron chi connectivity index (χ4n) is 0.436. The van der Waals surface area contributed by atoms with Gasteiger partial charge >= 0.3 is 0 Å². The molecule has 42 valence electrons. The second kappa shape index (κ2) is 2.03. The molecule has 1 rings (SSSR count). The van der Waals surface area contributed by atoms with Gasteiger partial charge in [-0.2, -0.15) is 0 Å². The minimum absolute atomic E-state index is 0.575. The second-order valence-electron chi connectivity index (χ2n) is 1.85. The van der Waals surface area contributed by atoms with Crippen molar-refractivity contribution in [3.8, 4) is 0 Å². The van der Waals surface area contributed by atoms with E-state index in [1.807, 2.05) is 0 Å². The Bertz CT molecular complexity index is 62.7. The SMILES string of the molecule is C[S+]([O-])NC1CC1. The summed E-state index contributed by atoms with van der Waals surface area (Å²) in [5.74, 6) is 0. The smallest absolute Gasteiger partial charge is 0.115 e. The highest BCUT2D eigenvalue weighted by Gasteiger charge is 2.24. The second-order valence-corrected chi connectivity index (χ2v) is 2.99. The summed E-state index contributed by atoms with van der Waals surface area (Å²) in [5, 5.41) is 0. The van der Waals surface area contributed by atoms with Crippen molar-refractivity contribution in [1.82, 2.24) is 4.72 Å². The van der Waals surface area contributed by atoms with E-state index >= 15 is 0 Å². The summed E-state index contributed by atoms with van der Waals surface area (Å²) in [7, 11) is 0. The molecule has 0 saturated heterocycles. The van der Waals surface area contributed by atoms with Gasteiger partial charge in [-0.05, 0) is 12.8 Å². The molecular formula is C4H9NOS. The van der Waals surface area contributed by atoms with E-state index in [2.05, 4.69) is 4.72 Å². The first-order valence-electron chi connectivity index (χ1n) is 2.38. The maximum atomic E-state index is 10.3.